The van der Waals surface area contributed by atoms with Gasteiger partial charge in [-0.3, -0.25) is 4.79 Å². The molecule has 0 fully saturated rings. The van der Waals surface area contributed by atoms with E-state index in [9.17, 15) is 4.79 Å². The van der Waals surface area contributed by atoms with Crippen molar-refractivity contribution >= 4 is 22.2 Å². The highest BCUT2D eigenvalue weighted by atomic mass is 79.9. The lowest BCUT2D eigenvalue weighted by atomic mass is 10.0. The van der Waals surface area contributed by atoms with E-state index in [0.29, 0.717) is 5.56 Å². The maximum atomic E-state index is 10.9. The predicted octanol–water partition coefficient (Wildman–Crippen LogP) is 3.93. The zero-order valence-electron chi connectivity index (χ0n) is 7.98. The summed E-state index contributed by atoms with van der Waals surface area (Å²) in [4.78, 5) is 10.9. The first kappa shape index (κ1) is 10.1. The SMILES string of the molecule is O=Cc1cc(Br)ccc1-c1ccccc1. The van der Waals surface area contributed by atoms with Crippen LogP contribution in [-0.4, -0.2) is 6.29 Å². The van der Waals surface area contributed by atoms with Crippen LogP contribution >= 0.6 is 15.9 Å². The Morgan fingerprint density at radius 1 is 1.00 bits per heavy atom. The second-order valence-corrected chi connectivity index (χ2v) is 4.13. The molecule has 74 valence electrons. The molecule has 0 unspecified atom stereocenters. The van der Waals surface area contributed by atoms with Crippen LogP contribution in [0.3, 0.4) is 0 Å². The van der Waals surface area contributed by atoms with Gasteiger partial charge in [-0.15, -0.1) is 0 Å². The van der Waals surface area contributed by atoms with Crippen LogP contribution in [0.25, 0.3) is 11.1 Å². The zero-order chi connectivity index (χ0) is 10.7. The van der Waals surface area contributed by atoms with Crippen molar-refractivity contribution in [2.75, 3.05) is 0 Å². The molecule has 0 aliphatic rings. The molecule has 0 aromatic heterocycles. The maximum absolute atomic E-state index is 10.9. The van der Waals surface area contributed by atoms with Crippen LogP contribution in [0.5, 0.6) is 0 Å². The summed E-state index contributed by atoms with van der Waals surface area (Å²) in [5, 5.41) is 0. The molecular formula is C13H9BrO. The van der Waals surface area contributed by atoms with Gasteiger partial charge in [0.1, 0.15) is 0 Å². The monoisotopic (exact) mass is 260 g/mol. The zero-order valence-corrected chi connectivity index (χ0v) is 9.57. The lowest BCUT2D eigenvalue weighted by molar-refractivity contribution is 0.112. The Bertz CT molecular complexity index is 477. The summed E-state index contributed by atoms with van der Waals surface area (Å²) in [6.45, 7) is 0. The molecule has 2 rings (SSSR count). The average Bonchev–Trinajstić information content (AvgIpc) is 2.30. The van der Waals surface area contributed by atoms with Crippen LogP contribution in [0.15, 0.2) is 53.0 Å². The highest BCUT2D eigenvalue weighted by Crippen LogP contribution is 2.25. The third-order valence-corrected chi connectivity index (χ3v) is 2.72. The predicted molar refractivity (Wildman–Crippen MR) is 65.0 cm³/mol. The third-order valence-electron chi connectivity index (χ3n) is 2.23. The van der Waals surface area contributed by atoms with Crippen molar-refractivity contribution in [1.82, 2.24) is 0 Å². The van der Waals surface area contributed by atoms with Gasteiger partial charge in [0.25, 0.3) is 0 Å². The minimum atomic E-state index is 0.704. The molecule has 1 nitrogen and oxygen atoms in total. The molecule has 0 amide bonds. The quantitative estimate of drug-likeness (QED) is 0.748. The Hall–Kier alpha value is -1.41. The Kier molecular flexibility index (Phi) is 2.97. The van der Waals surface area contributed by atoms with E-state index in [2.05, 4.69) is 15.9 Å². The molecule has 2 aromatic carbocycles. The number of hydrogen-bond donors (Lipinski definition) is 0. The van der Waals surface area contributed by atoms with Crippen molar-refractivity contribution in [3.05, 3.63) is 58.6 Å². The van der Waals surface area contributed by atoms with Gasteiger partial charge in [0.05, 0.1) is 0 Å². The highest BCUT2D eigenvalue weighted by Gasteiger charge is 2.03. The van der Waals surface area contributed by atoms with Crippen molar-refractivity contribution in [2.24, 2.45) is 0 Å². The molecule has 0 aliphatic heterocycles. The van der Waals surface area contributed by atoms with E-state index >= 15 is 0 Å². The lowest BCUT2D eigenvalue weighted by Crippen LogP contribution is -1.87. The van der Waals surface area contributed by atoms with E-state index in [4.69, 9.17) is 0 Å². The Balaban J connectivity index is 2.58. The van der Waals surface area contributed by atoms with Crippen molar-refractivity contribution in [3.8, 4) is 11.1 Å². The Morgan fingerprint density at radius 2 is 1.73 bits per heavy atom. The summed E-state index contributed by atoms with van der Waals surface area (Å²) in [7, 11) is 0. The van der Waals surface area contributed by atoms with Crippen LogP contribution in [0.4, 0.5) is 0 Å². The van der Waals surface area contributed by atoms with Crippen LogP contribution in [0.1, 0.15) is 10.4 Å². The molecule has 0 saturated carbocycles. The molecule has 2 aromatic rings. The fourth-order valence-electron chi connectivity index (χ4n) is 1.51. The van der Waals surface area contributed by atoms with Crippen LogP contribution in [0.2, 0.25) is 0 Å². The fourth-order valence-corrected chi connectivity index (χ4v) is 1.89. The van der Waals surface area contributed by atoms with Gasteiger partial charge in [0.2, 0.25) is 0 Å². The van der Waals surface area contributed by atoms with Gasteiger partial charge in [0.15, 0.2) is 6.29 Å². The van der Waals surface area contributed by atoms with Gasteiger partial charge in [-0.05, 0) is 23.3 Å². The molecule has 0 atom stereocenters. The van der Waals surface area contributed by atoms with E-state index < -0.39 is 0 Å². The van der Waals surface area contributed by atoms with Crippen molar-refractivity contribution in [3.63, 3.8) is 0 Å². The minimum absolute atomic E-state index is 0.704. The number of halogens is 1. The molecule has 0 saturated heterocycles. The molecular weight excluding hydrogens is 252 g/mol. The first-order valence-electron chi connectivity index (χ1n) is 4.61. The smallest absolute Gasteiger partial charge is 0.150 e. The van der Waals surface area contributed by atoms with Gasteiger partial charge in [-0.1, -0.05) is 52.3 Å². The second kappa shape index (κ2) is 4.41. The third kappa shape index (κ3) is 2.16. The summed E-state index contributed by atoms with van der Waals surface area (Å²) in [6.07, 6.45) is 0.882. The van der Waals surface area contributed by atoms with Crippen molar-refractivity contribution < 1.29 is 4.79 Å². The van der Waals surface area contributed by atoms with E-state index in [1.807, 2.05) is 48.5 Å². The molecule has 0 aliphatic carbocycles. The first-order chi connectivity index (χ1) is 7.31. The van der Waals surface area contributed by atoms with Gasteiger partial charge >= 0.3 is 0 Å². The average molecular weight is 261 g/mol. The highest BCUT2D eigenvalue weighted by molar-refractivity contribution is 9.10. The van der Waals surface area contributed by atoms with Gasteiger partial charge in [0, 0.05) is 10.0 Å². The molecule has 15 heavy (non-hydrogen) atoms. The number of aldehydes is 1. The summed E-state index contributed by atoms with van der Waals surface area (Å²) >= 11 is 3.35. The molecule has 0 spiro atoms. The van der Waals surface area contributed by atoms with Crippen LogP contribution < -0.4 is 0 Å². The minimum Gasteiger partial charge on any atom is -0.298 e. The molecule has 0 radical (unpaired) electrons. The standard InChI is InChI=1S/C13H9BrO/c14-12-6-7-13(11(8-12)9-15)10-4-2-1-3-5-10/h1-9H. The molecule has 0 N–H and O–H groups in total. The Labute approximate surface area is 96.9 Å². The molecule has 0 heterocycles. The maximum Gasteiger partial charge on any atom is 0.150 e. The number of hydrogen-bond acceptors (Lipinski definition) is 1. The second-order valence-electron chi connectivity index (χ2n) is 3.22. The normalized spacial score (nSPS) is 9.93. The van der Waals surface area contributed by atoms with Gasteiger partial charge < -0.3 is 0 Å². The molecule has 2 heteroatoms. The van der Waals surface area contributed by atoms with Crippen LogP contribution in [0, 0.1) is 0 Å². The van der Waals surface area contributed by atoms with E-state index in [-0.39, 0.29) is 0 Å². The largest absolute Gasteiger partial charge is 0.298 e. The lowest BCUT2D eigenvalue weighted by Gasteiger charge is -2.04. The van der Waals surface area contributed by atoms with Gasteiger partial charge in [-0.25, -0.2) is 0 Å². The van der Waals surface area contributed by atoms with E-state index in [1.165, 1.54) is 0 Å². The van der Waals surface area contributed by atoms with E-state index in [0.717, 1.165) is 21.9 Å². The van der Waals surface area contributed by atoms with Crippen LogP contribution in [-0.2, 0) is 0 Å². The fraction of sp³-hybridized carbons (Fsp3) is 0. The Morgan fingerprint density at radius 3 is 2.40 bits per heavy atom. The topological polar surface area (TPSA) is 17.1 Å². The van der Waals surface area contributed by atoms with Crippen molar-refractivity contribution in [1.29, 1.82) is 0 Å². The number of carbonyl (C=O) groups excluding carboxylic acids is 1. The number of rotatable bonds is 2. The van der Waals surface area contributed by atoms with E-state index in [1.54, 1.807) is 0 Å². The summed E-state index contributed by atoms with van der Waals surface area (Å²) in [6, 6.07) is 15.6. The number of carbonyl (C=O) groups is 1. The van der Waals surface area contributed by atoms with Crippen molar-refractivity contribution in [2.45, 2.75) is 0 Å². The summed E-state index contributed by atoms with van der Waals surface area (Å²) in [5.41, 5.74) is 2.73. The molecule has 0 bridgehead atoms. The first-order valence-corrected chi connectivity index (χ1v) is 5.41. The summed E-state index contributed by atoms with van der Waals surface area (Å²) in [5.74, 6) is 0. The van der Waals surface area contributed by atoms with Gasteiger partial charge in [-0.2, -0.15) is 0 Å². The summed E-state index contributed by atoms with van der Waals surface area (Å²) < 4.78 is 0.921. The number of benzene rings is 2.